The lowest BCUT2D eigenvalue weighted by Gasteiger charge is -2.40. The second kappa shape index (κ2) is 10.1. The predicted octanol–water partition coefficient (Wildman–Crippen LogP) is 3.11. The largest absolute Gasteiger partial charge is 0.465 e. The quantitative estimate of drug-likeness (QED) is 0.468. The zero-order chi connectivity index (χ0) is 25.4. The Morgan fingerprint density at radius 1 is 1.17 bits per heavy atom. The maximum atomic E-state index is 14.4. The van der Waals surface area contributed by atoms with Crippen LogP contribution in [-0.4, -0.2) is 74.5 Å². The molecule has 7 atom stereocenters. The number of benzene rings is 1. The zero-order valence-electron chi connectivity index (χ0n) is 20.8. The van der Waals surface area contributed by atoms with Crippen LogP contribution in [0, 0.1) is 11.8 Å². The van der Waals surface area contributed by atoms with Gasteiger partial charge in [0, 0.05) is 17.8 Å². The molecular weight excluding hydrogens is 476 g/mol. The van der Waals surface area contributed by atoms with E-state index in [0.717, 1.165) is 18.4 Å². The van der Waals surface area contributed by atoms with E-state index < -0.39 is 28.7 Å². The number of fused-ring (bicyclic) bond motifs is 2. The molecule has 2 saturated heterocycles. The molecule has 1 aromatic carbocycles. The van der Waals surface area contributed by atoms with Crippen LogP contribution in [0.2, 0.25) is 0 Å². The molecule has 5 rings (SSSR count). The molecule has 7 nitrogen and oxygen atoms in total. The molecule has 4 heterocycles. The molecule has 0 aliphatic carbocycles. The Morgan fingerprint density at radius 2 is 1.94 bits per heavy atom. The average Bonchev–Trinajstić information content (AvgIpc) is 3.24. The summed E-state index contributed by atoms with van der Waals surface area (Å²) in [6.07, 6.45) is 10.4. The molecule has 1 aromatic rings. The van der Waals surface area contributed by atoms with Crippen molar-refractivity contribution in [3.63, 3.8) is 0 Å². The molecule has 0 saturated carbocycles. The third-order valence-corrected chi connectivity index (χ3v) is 9.77. The van der Waals surface area contributed by atoms with Crippen LogP contribution in [0.1, 0.15) is 44.7 Å². The fourth-order valence-electron chi connectivity index (χ4n) is 6.40. The highest BCUT2D eigenvalue weighted by Gasteiger charge is 2.72. The molecular formula is C28H34N2O5S. The van der Waals surface area contributed by atoms with Crippen LogP contribution >= 0.6 is 11.8 Å². The summed E-state index contributed by atoms with van der Waals surface area (Å²) in [6.45, 7) is 4.56. The van der Waals surface area contributed by atoms with Gasteiger partial charge in [0.25, 0.3) is 0 Å². The number of amides is 2. The first-order valence-electron chi connectivity index (χ1n) is 12.9. The van der Waals surface area contributed by atoms with Crippen molar-refractivity contribution in [3.8, 4) is 0 Å². The van der Waals surface area contributed by atoms with E-state index in [4.69, 9.17) is 4.74 Å². The highest BCUT2D eigenvalue weighted by atomic mass is 32.2. The second-order valence-electron chi connectivity index (χ2n) is 10.1. The van der Waals surface area contributed by atoms with Crippen molar-refractivity contribution in [2.45, 2.75) is 61.2 Å². The molecule has 2 fully saturated rings. The van der Waals surface area contributed by atoms with Crippen LogP contribution in [0.3, 0.4) is 0 Å². The smallest absolute Gasteiger partial charge is 0.311 e. The van der Waals surface area contributed by atoms with E-state index in [9.17, 15) is 19.5 Å². The summed E-state index contributed by atoms with van der Waals surface area (Å²) in [5.41, 5.74) is 0.763. The van der Waals surface area contributed by atoms with Gasteiger partial charge >= 0.3 is 5.97 Å². The minimum absolute atomic E-state index is 0.00699. The predicted molar refractivity (Wildman–Crippen MR) is 138 cm³/mol. The second-order valence-corrected chi connectivity index (χ2v) is 11.6. The van der Waals surface area contributed by atoms with Gasteiger partial charge in [-0.1, -0.05) is 68.0 Å². The zero-order valence-corrected chi connectivity index (χ0v) is 21.6. The number of thioether (sulfide) groups is 1. The Kier molecular flexibility index (Phi) is 7.01. The molecule has 0 radical (unpaired) electrons. The minimum atomic E-state index is -0.917. The monoisotopic (exact) mass is 510 g/mol. The van der Waals surface area contributed by atoms with Gasteiger partial charge in [0.05, 0.1) is 35.8 Å². The van der Waals surface area contributed by atoms with Gasteiger partial charge in [0.2, 0.25) is 11.8 Å². The van der Waals surface area contributed by atoms with Crippen LogP contribution in [0.15, 0.2) is 54.6 Å². The molecule has 2 unspecified atom stereocenters. The lowest BCUT2D eigenvalue weighted by atomic mass is 9.78. The molecule has 4 aliphatic rings. The van der Waals surface area contributed by atoms with Gasteiger partial charge < -0.3 is 19.6 Å². The topological polar surface area (TPSA) is 87.2 Å². The number of ether oxygens (including phenoxy) is 1. The lowest BCUT2D eigenvalue weighted by Crippen LogP contribution is -2.55. The number of aliphatic hydroxyl groups is 1. The van der Waals surface area contributed by atoms with Crippen molar-refractivity contribution >= 4 is 29.5 Å². The molecule has 4 aliphatic heterocycles. The van der Waals surface area contributed by atoms with E-state index in [1.54, 1.807) is 4.90 Å². The van der Waals surface area contributed by atoms with Crippen molar-refractivity contribution in [3.05, 3.63) is 60.2 Å². The number of likely N-dealkylation sites (tertiary alicyclic amines) is 1. The first-order chi connectivity index (χ1) is 17.4. The van der Waals surface area contributed by atoms with Crippen LogP contribution < -0.4 is 0 Å². The van der Waals surface area contributed by atoms with Gasteiger partial charge in [-0.2, -0.15) is 0 Å². The highest BCUT2D eigenvalue weighted by Crippen LogP contribution is 2.62. The van der Waals surface area contributed by atoms with E-state index >= 15 is 0 Å². The van der Waals surface area contributed by atoms with E-state index in [1.807, 2.05) is 66.5 Å². The van der Waals surface area contributed by atoms with Gasteiger partial charge in [-0.15, -0.1) is 11.8 Å². The number of carbonyl (C=O) groups excluding carboxylic acids is 3. The lowest BCUT2D eigenvalue weighted by molar-refractivity contribution is -0.153. The van der Waals surface area contributed by atoms with Crippen LogP contribution in [-0.2, 0) is 19.1 Å². The Bertz CT molecular complexity index is 1070. The van der Waals surface area contributed by atoms with E-state index in [1.165, 1.54) is 11.8 Å². The SMILES string of the molecule is CCCC(C)N1CC=C[C@]23S[C@@H]4C=CCCOC(=O)[C@@H]4[C@H]2C(=O)N([C@H](CO)c2ccccc2)C3C1=O. The molecule has 0 aromatic heterocycles. The van der Waals surface area contributed by atoms with Gasteiger partial charge in [0.1, 0.15) is 6.04 Å². The highest BCUT2D eigenvalue weighted by molar-refractivity contribution is 8.02. The molecule has 8 heteroatoms. The number of carbonyl (C=O) groups is 3. The summed E-state index contributed by atoms with van der Waals surface area (Å²) in [7, 11) is 0. The van der Waals surface area contributed by atoms with Crippen LogP contribution in [0.4, 0.5) is 0 Å². The molecule has 0 bridgehead atoms. The normalized spacial score (nSPS) is 33.2. The van der Waals surface area contributed by atoms with Crippen molar-refractivity contribution < 1.29 is 24.2 Å². The molecule has 2 amide bonds. The number of rotatable bonds is 6. The molecule has 36 heavy (non-hydrogen) atoms. The van der Waals surface area contributed by atoms with Gasteiger partial charge in [-0.3, -0.25) is 14.4 Å². The van der Waals surface area contributed by atoms with Crippen molar-refractivity contribution in [1.82, 2.24) is 9.80 Å². The standard InChI is InChI=1S/C28H34N2O5S/c1-3-10-18(2)29-15-9-14-28-23(22-21(36-28)13-7-8-16-35-27(22)34)25(32)30(24(28)26(29)33)20(17-31)19-11-5-4-6-12-19/h4-7,9,11-14,18,20-24,31H,3,8,10,15-17H2,1-2H3/t18?,20-,21-,22+,23+,24?,28+/m1/s1. The fraction of sp³-hybridized carbons (Fsp3) is 0.536. The fourth-order valence-corrected chi connectivity index (χ4v) is 8.39. The van der Waals surface area contributed by atoms with E-state index in [2.05, 4.69) is 6.92 Å². The summed E-state index contributed by atoms with van der Waals surface area (Å²) in [5.74, 6) is -2.19. The first kappa shape index (κ1) is 25.1. The summed E-state index contributed by atoms with van der Waals surface area (Å²) < 4.78 is 4.63. The Morgan fingerprint density at radius 3 is 2.67 bits per heavy atom. The van der Waals surface area contributed by atoms with Crippen LogP contribution in [0.5, 0.6) is 0 Å². The van der Waals surface area contributed by atoms with Crippen molar-refractivity contribution in [1.29, 1.82) is 0 Å². The molecule has 192 valence electrons. The van der Waals surface area contributed by atoms with E-state index in [0.29, 0.717) is 13.0 Å². The van der Waals surface area contributed by atoms with Crippen molar-refractivity contribution in [2.75, 3.05) is 19.8 Å². The Balaban J connectivity index is 1.66. The van der Waals surface area contributed by atoms with E-state index in [-0.39, 0.29) is 42.3 Å². The first-order valence-corrected chi connectivity index (χ1v) is 13.8. The third kappa shape index (κ3) is 3.89. The minimum Gasteiger partial charge on any atom is -0.465 e. The summed E-state index contributed by atoms with van der Waals surface area (Å²) in [4.78, 5) is 45.4. The number of aliphatic hydroxyl groups excluding tert-OH is 1. The van der Waals surface area contributed by atoms with Crippen LogP contribution in [0.25, 0.3) is 0 Å². The number of hydrogen-bond acceptors (Lipinski definition) is 6. The summed E-state index contributed by atoms with van der Waals surface area (Å²) in [6, 6.07) is 7.83. The number of cyclic esters (lactones) is 1. The number of hydrogen-bond donors (Lipinski definition) is 1. The maximum absolute atomic E-state index is 14.4. The number of esters is 1. The van der Waals surface area contributed by atoms with Gasteiger partial charge in [0.15, 0.2) is 0 Å². The van der Waals surface area contributed by atoms with Crippen molar-refractivity contribution in [2.24, 2.45) is 11.8 Å². The van der Waals surface area contributed by atoms with Gasteiger partial charge in [-0.05, 0) is 25.3 Å². The Labute approximate surface area is 216 Å². The molecule has 1 spiro atoms. The maximum Gasteiger partial charge on any atom is 0.311 e. The summed E-state index contributed by atoms with van der Waals surface area (Å²) in [5, 5.41) is 10.3. The summed E-state index contributed by atoms with van der Waals surface area (Å²) >= 11 is 1.53. The third-order valence-electron chi connectivity index (χ3n) is 8.02. The molecule has 1 N–H and O–H groups in total. The number of nitrogens with zero attached hydrogens (tertiary/aromatic N) is 2. The van der Waals surface area contributed by atoms with Gasteiger partial charge in [-0.25, -0.2) is 0 Å². The Hall–Kier alpha value is -2.58. The average molecular weight is 511 g/mol.